The summed E-state index contributed by atoms with van der Waals surface area (Å²) in [5, 5.41) is 3.15. The largest absolute Gasteiger partial charge is 0.321 e. The van der Waals surface area contributed by atoms with Gasteiger partial charge in [0.25, 0.3) is 0 Å². The molecule has 2 rings (SSSR count). The average Bonchev–Trinajstić information content (AvgIpc) is 2.69. The Balaban J connectivity index is 2.13. The molecule has 1 aliphatic rings. The molecular formula is C12H15FN2OS. The topological polar surface area (TPSA) is 32.3 Å². The fraction of sp³-hybridized carbons (Fsp3) is 0.417. The zero-order valence-electron chi connectivity index (χ0n) is 9.65. The highest BCUT2D eigenvalue weighted by Crippen LogP contribution is 2.22. The highest BCUT2D eigenvalue weighted by molar-refractivity contribution is 7.98. The Morgan fingerprint density at radius 1 is 1.47 bits per heavy atom. The molecule has 5 heteroatoms. The number of benzene rings is 1. The van der Waals surface area contributed by atoms with Gasteiger partial charge in [0.05, 0.1) is 6.54 Å². The van der Waals surface area contributed by atoms with Gasteiger partial charge in [0, 0.05) is 12.3 Å². The zero-order chi connectivity index (χ0) is 12.3. The van der Waals surface area contributed by atoms with E-state index in [-0.39, 0.29) is 17.9 Å². The van der Waals surface area contributed by atoms with E-state index in [1.54, 1.807) is 23.9 Å². The molecule has 17 heavy (non-hydrogen) atoms. The second-order valence-corrected chi connectivity index (χ2v) is 4.90. The van der Waals surface area contributed by atoms with E-state index in [0.29, 0.717) is 6.54 Å². The maximum absolute atomic E-state index is 12.8. The third-order valence-corrected chi connectivity index (χ3v) is 3.39. The normalized spacial score (nSPS) is 20.0. The van der Waals surface area contributed by atoms with Crippen LogP contribution in [0.2, 0.25) is 0 Å². The summed E-state index contributed by atoms with van der Waals surface area (Å²) in [6, 6.07) is 6.29. The molecule has 1 N–H and O–H groups in total. The fourth-order valence-electron chi connectivity index (χ4n) is 1.93. The van der Waals surface area contributed by atoms with E-state index < -0.39 is 0 Å². The Bertz CT molecular complexity index is 396. The molecule has 1 atom stereocenters. The molecule has 1 saturated heterocycles. The second kappa shape index (κ2) is 5.51. The van der Waals surface area contributed by atoms with E-state index in [0.717, 1.165) is 17.9 Å². The van der Waals surface area contributed by atoms with E-state index in [1.807, 2.05) is 11.2 Å². The quantitative estimate of drug-likeness (QED) is 0.886. The van der Waals surface area contributed by atoms with Gasteiger partial charge in [0.1, 0.15) is 12.0 Å². The van der Waals surface area contributed by atoms with Crippen molar-refractivity contribution in [1.82, 2.24) is 10.2 Å². The number of thioether (sulfide) groups is 1. The molecule has 0 aromatic heterocycles. The summed E-state index contributed by atoms with van der Waals surface area (Å²) in [5.74, 6) is 0.757. The Morgan fingerprint density at radius 3 is 2.82 bits per heavy atom. The number of nitrogens with one attached hydrogen (secondary N) is 1. The fourth-order valence-corrected chi connectivity index (χ4v) is 2.31. The molecular weight excluding hydrogens is 239 g/mol. The van der Waals surface area contributed by atoms with Crippen molar-refractivity contribution in [2.24, 2.45) is 0 Å². The monoisotopic (exact) mass is 254 g/mol. The van der Waals surface area contributed by atoms with Crippen LogP contribution < -0.4 is 5.32 Å². The number of amides is 1. The van der Waals surface area contributed by atoms with Gasteiger partial charge in [0.2, 0.25) is 5.91 Å². The summed E-state index contributed by atoms with van der Waals surface area (Å²) >= 11 is 1.71. The number of rotatable bonds is 4. The van der Waals surface area contributed by atoms with Crippen LogP contribution in [0.15, 0.2) is 24.3 Å². The number of hydrogen-bond donors (Lipinski definition) is 1. The van der Waals surface area contributed by atoms with Gasteiger partial charge in [-0.3, -0.25) is 10.1 Å². The summed E-state index contributed by atoms with van der Waals surface area (Å²) in [6.45, 7) is 1.07. The molecule has 0 saturated carbocycles. The van der Waals surface area contributed by atoms with Crippen LogP contribution in [-0.4, -0.2) is 35.9 Å². The maximum Gasteiger partial charge on any atom is 0.238 e. The van der Waals surface area contributed by atoms with Crippen molar-refractivity contribution >= 4 is 17.7 Å². The molecule has 1 fully saturated rings. The number of hydrogen-bond acceptors (Lipinski definition) is 3. The lowest BCUT2D eigenvalue weighted by Gasteiger charge is -2.24. The molecule has 0 bridgehead atoms. The van der Waals surface area contributed by atoms with Gasteiger partial charge >= 0.3 is 0 Å². The van der Waals surface area contributed by atoms with E-state index in [1.165, 1.54) is 12.1 Å². The summed E-state index contributed by atoms with van der Waals surface area (Å²) in [5.41, 5.74) is 0.929. The Hall–Kier alpha value is -1.07. The molecule has 1 unspecified atom stereocenters. The lowest BCUT2D eigenvalue weighted by atomic mass is 10.1. The third kappa shape index (κ3) is 2.79. The summed E-state index contributed by atoms with van der Waals surface area (Å²) in [4.78, 5) is 13.5. The average molecular weight is 254 g/mol. The van der Waals surface area contributed by atoms with E-state index in [4.69, 9.17) is 0 Å². The number of carbonyl (C=O) groups excluding carboxylic acids is 1. The van der Waals surface area contributed by atoms with E-state index in [9.17, 15) is 9.18 Å². The van der Waals surface area contributed by atoms with Crippen molar-refractivity contribution in [2.45, 2.75) is 6.17 Å². The third-order valence-electron chi connectivity index (χ3n) is 2.80. The van der Waals surface area contributed by atoms with Crippen molar-refractivity contribution in [1.29, 1.82) is 0 Å². The van der Waals surface area contributed by atoms with Gasteiger partial charge < -0.3 is 4.90 Å². The van der Waals surface area contributed by atoms with E-state index >= 15 is 0 Å². The van der Waals surface area contributed by atoms with Gasteiger partial charge in [-0.15, -0.1) is 0 Å². The standard InChI is InChI=1S/C12H15FN2OS/c1-17-7-6-15-11(16)8-14-12(15)9-2-4-10(13)5-3-9/h2-5,12,14H,6-8H2,1H3. The summed E-state index contributed by atoms with van der Waals surface area (Å²) in [6.07, 6.45) is 1.90. The number of nitrogens with zero attached hydrogens (tertiary/aromatic N) is 1. The Kier molecular flexibility index (Phi) is 4.02. The van der Waals surface area contributed by atoms with Crippen LogP contribution in [0, 0.1) is 5.82 Å². The predicted molar refractivity (Wildman–Crippen MR) is 67.2 cm³/mol. The van der Waals surface area contributed by atoms with Crippen LogP contribution in [0.4, 0.5) is 4.39 Å². The SMILES string of the molecule is CSCCN1C(=O)CNC1c1ccc(F)cc1. The summed E-state index contributed by atoms with van der Waals surface area (Å²) in [7, 11) is 0. The van der Waals surface area contributed by atoms with Crippen molar-refractivity contribution in [3.8, 4) is 0 Å². The highest BCUT2D eigenvalue weighted by Gasteiger charge is 2.30. The minimum Gasteiger partial charge on any atom is -0.321 e. The van der Waals surface area contributed by atoms with Gasteiger partial charge in [-0.05, 0) is 24.0 Å². The van der Waals surface area contributed by atoms with Crippen molar-refractivity contribution in [3.63, 3.8) is 0 Å². The Morgan fingerprint density at radius 2 is 2.18 bits per heavy atom. The van der Waals surface area contributed by atoms with Gasteiger partial charge in [-0.2, -0.15) is 11.8 Å². The molecule has 3 nitrogen and oxygen atoms in total. The molecule has 1 aromatic carbocycles. The second-order valence-electron chi connectivity index (χ2n) is 3.91. The van der Waals surface area contributed by atoms with Crippen LogP contribution in [0.5, 0.6) is 0 Å². The molecule has 1 amide bonds. The van der Waals surface area contributed by atoms with Crippen molar-refractivity contribution in [2.75, 3.05) is 25.1 Å². The minimum atomic E-state index is -0.256. The molecule has 0 radical (unpaired) electrons. The van der Waals surface area contributed by atoms with Crippen LogP contribution >= 0.6 is 11.8 Å². The lowest BCUT2D eigenvalue weighted by molar-refractivity contribution is -0.127. The van der Waals surface area contributed by atoms with Gasteiger partial charge in [-0.25, -0.2) is 4.39 Å². The summed E-state index contributed by atoms with van der Waals surface area (Å²) < 4.78 is 12.8. The van der Waals surface area contributed by atoms with Crippen LogP contribution in [0.25, 0.3) is 0 Å². The molecule has 1 aromatic rings. The predicted octanol–water partition coefficient (Wildman–Crippen LogP) is 1.62. The molecule has 1 heterocycles. The van der Waals surface area contributed by atoms with Gasteiger partial charge in [0.15, 0.2) is 0 Å². The zero-order valence-corrected chi connectivity index (χ0v) is 10.5. The van der Waals surface area contributed by atoms with Crippen LogP contribution in [-0.2, 0) is 4.79 Å². The first-order chi connectivity index (χ1) is 8.22. The number of halogens is 1. The molecule has 92 valence electrons. The molecule has 1 aliphatic heterocycles. The molecule has 0 spiro atoms. The smallest absolute Gasteiger partial charge is 0.238 e. The molecule has 0 aliphatic carbocycles. The first-order valence-electron chi connectivity index (χ1n) is 5.49. The van der Waals surface area contributed by atoms with Crippen LogP contribution in [0.3, 0.4) is 0 Å². The Labute approximate surface area is 104 Å². The lowest BCUT2D eigenvalue weighted by Crippen LogP contribution is -2.32. The first kappa shape index (κ1) is 12.4. The van der Waals surface area contributed by atoms with E-state index in [2.05, 4.69) is 5.32 Å². The minimum absolute atomic E-state index is 0.105. The van der Waals surface area contributed by atoms with Crippen molar-refractivity contribution < 1.29 is 9.18 Å². The highest BCUT2D eigenvalue weighted by atomic mass is 32.2. The maximum atomic E-state index is 12.8. The van der Waals surface area contributed by atoms with Crippen LogP contribution in [0.1, 0.15) is 11.7 Å². The van der Waals surface area contributed by atoms with Crippen molar-refractivity contribution in [3.05, 3.63) is 35.6 Å². The van der Waals surface area contributed by atoms with Gasteiger partial charge in [-0.1, -0.05) is 12.1 Å². The first-order valence-corrected chi connectivity index (χ1v) is 6.89. The number of carbonyl (C=O) groups is 1.